The third-order valence-electron chi connectivity index (χ3n) is 2.61. The van der Waals surface area contributed by atoms with Gasteiger partial charge in [-0.3, -0.25) is 4.79 Å². The van der Waals surface area contributed by atoms with E-state index >= 15 is 0 Å². The van der Waals surface area contributed by atoms with Crippen molar-refractivity contribution in [3.8, 4) is 5.69 Å². The number of rotatable bonds is 2. The van der Waals surface area contributed by atoms with Crippen LogP contribution in [0.25, 0.3) is 5.69 Å². The number of benzene rings is 1. The van der Waals surface area contributed by atoms with Gasteiger partial charge in [0.1, 0.15) is 5.69 Å². The summed E-state index contributed by atoms with van der Waals surface area (Å²) >= 11 is 5.70. The molecule has 0 atom stereocenters. The van der Waals surface area contributed by atoms with Gasteiger partial charge in [0, 0.05) is 11.0 Å². The lowest BCUT2D eigenvalue weighted by Gasteiger charge is -2.11. The Bertz CT molecular complexity index is 728. The van der Waals surface area contributed by atoms with Gasteiger partial charge in [0.15, 0.2) is 12.1 Å². The van der Waals surface area contributed by atoms with Crippen LogP contribution in [0.4, 0.5) is 4.39 Å². The Morgan fingerprint density at radius 3 is 2.55 bits per heavy atom. The van der Waals surface area contributed by atoms with Crippen molar-refractivity contribution >= 4 is 17.9 Å². The van der Waals surface area contributed by atoms with E-state index in [-0.39, 0.29) is 22.2 Å². The molecular formula is C13H12ClFN2O3. The first-order chi connectivity index (χ1) is 9.24. The summed E-state index contributed by atoms with van der Waals surface area (Å²) in [5, 5.41) is 3.92. The van der Waals surface area contributed by atoms with Crippen molar-refractivity contribution < 1.29 is 13.6 Å². The minimum absolute atomic E-state index is 0.0335. The number of nitrogens with zero attached hydrogens (tertiary/aromatic N) is 2. The predicted octanol–water partition coefficient (Wildman–Crippen LogP) is 2.73. The van der Waals surface area contributed by atoms with E-state index in [1.54, 1.807) is 20.8 Å². The van der Waals surface area contributed by atoms with Gasteiger partial charge in [-0.15, -0.1) is 5.10 Å². The van der Waals surface area contributed by atoms with Crippen LogP contribution in [0.1, 0.15) is 37.0 Å². The summed E-state index contributed by atoms with van der Waals surface area (Å²) in [7, 11) is 0. The van der Waals surface area contributed by atoms with Crippen LogP contribution in [0.15, 0.2) is 21.3 Å². The molecule has 0 aliphatic heterocycles. The highest BCUT2D eigenvalue weighted by molar-refractivity contribution is 6.33. The molecule has 0 unspecified atom stereocenters. The van der Waals surface area contributed by atoms with Gasteiger partial charge in [-0.05, 0) is 12.1 Å². The van der Waals surface area contributed by atoms with Crippen LogP contribution in [0.2, 0.25) is 5.02 Å². The number of halogens is 2. The van der Waals surface area contributed by atoms with E-state index in [0.717, 1.165) is 16.8 Å². The number of carbonyl (C=O) groups excluding carboxylic acids is 1. The highest BCUT2D eigenvalue weighted by Crippen LogP contribution is 2.23. The number of aromatic nitrogens is 2. The van der Waals surface area contributed by atoms with Crippen LogP contribution in [0.5, 0.6) is 0 Å². The van der Waals surface area contributed by atoms with Crippen molar-refractivity contribution in [2.75, 3.05) is 0 Å². The van der Waals surface area contributed by atoms with Crippen molar-refractivity contribution in [2.45, 2.75) is 26.2 Å². The molecule has 20 heavy (non-hydrogen) atoms. The maximum Gasteiger partial charge on any atom is 0.442 e. The molecule has 1 aromatic carbocycles. The molecule has 1 heterocycles. The second-order valence-corrected chi connectivity index (χ2v) is 5.69. The fourth-order valence-corrected chi connectivity index (χ4v) is 1.73. The highest BCUT2D eigenvalue weighted by Gasteiger charge is 2.24. The first-order valence-corrected chi connectivity index (χ1v) is 6.17. The molecule has 0 aliphatic rings. The van der Waals surface area contributed by atoms with Crippen molar-refractivity contribution in [1.29, 1.82) is 0 Å². The van der Waals surface area contributed by atoms with E-state index in [1.165, 1.54) is 0 Å². The molecule has 2 aromatic rings. The van der Waals surface area contributed by atoms with Gasteiger partial charge in [-0.25, -0.2) is 9.18 Å². The smallest absolute Gasteiger partial charge is 0.391 e. The first kappa shape index (κ1) is 14.5. The van der Waals surface area contributed by atoms with E-state index in [4.69, 9.17) is 16.0 Å². The summed E-state index contributed by atoms with van der Waals surface area (Å²) in [6, 6.07) is 2.11. The maximum atomic E-state index is 13.9. The number of hydrogen-bond acceptors (Lipinski definition) is 4. The Morgan fingerprint density at radius 1 is 1.40 bits per heavy atom. The lowest BCUT2D eigenvalue weighted by molar-refractivity contribution is 0.112. The summed E-state index contributed by atoms with van der Waals surface area (Å²) < 4.78 is 19.7. The van der Waals surface area contributed by atoms with Gasteiger partial charge in [0.2, 0.25) is 5.89 Å². The normalized spacial score (nSPS) is 11.7. The van der Waals surface area contributed by atoms with E-state index in [0.29, 0.717) is 6.29 Å². The molecule has 0 bridgehead atoms. The zero-order valence-corrected chi connectivity index (χ0v) is 11.9. The summed E-state index contributed by atoms with van der Waals surface area (Å²) in [4.78, 5) is 22.6. The van der Waals surface area contributed by atoms with Crippen molar-refractivity contribution in [3.63, 3.8) is 0 Å². The van der Waals surface area contributed by atoms with Crippen LogP contribution in [-0.4, -0.2) is 16.1 Å². The van der Waals surface area contributed by atoms with Gasteiger partial charge >= 0.3 is 5.76 Å². The Kier molecular flexibility index (Phi) is 3.52. The molecule has 0 amide bonds. The molecule has 1 aromatic heterocycles. The number of aldehydes is 1. The molecular weight excluding hydrogens is 287 g/mol. The molecule has 0 fully saturated rings. The number of carbonyl (C=O) groups is 1. The van der Waals surface area contributed by atoms with Gasteiger partial charge in [0.05, 0.1) is 5.02 Å². The Morgan fingerprint density at radius 2 is 2.05 bits per heavy atom. The third-order valence-corrected chi connectivity index (χ3v) is 2.94. The highest BCUT2D eigenvalue weighted by atomic mass is 35.5. The quantitative estimate of drug-likeness (QED) is 0.800. The van der Waals surface area contributed by atoms with Crippen LogP contribution >= 0.6 is 11.6 Å². The largest absolute Gasteiger partial charge is 0.442 e. The standard InChI is InChI=1S/C13H12ClFN2O3/c1-13(2,3)11-16-17(12(19)20-11)10-4-7(6-18)8(14)5-9(10)15/h4-6H,1-3H3. The van der Waals surface area contributed by atoms with E-state index < -0.39 is 17.0 Å². The fourth-order valence-electron chi connectivity index (χ4n) is 1.54. The minimum Gasteiger partial charge on any atom is -0.391 e. The molecule has 2 rings (SSSR count). The second kappa shape index (κ2) is 4.86. The molecule has 0 spiro atoms. The summed E-state index contributed by atoms with van der Waals surface area (Å²) in [6.45, 7) is 5.41. The average Bonchev–Trinajstić information content (AvgIpc) is 2.71. The molecule has 7 heteroatoms. The van der Waals surface area contributed by atoms with Crippen LogP contribution in [0.3, 0.4) is 0 Å². The van der Waals surface area contributed by atoms with E-state index in [1.807, 2.05) is 0 Å². The average molecular weight is 299 g/mol. The van der Waals surface area contributed by atoms with Gasteiger partial charge in [-0.2, -0.15) is 4.68 Å². The predicted molar refractivity (Wildman–Crippen MR) is 71.2 cm³/mol. The van der Waals surface area contributed by atoms with E-state index in [2.05, 4.69) is 5.10 Å². The topological polar surface area (TPSA) is 65.1 Å². The Labute approximate surface area is 119 Å². The third kappa shape index (κ3) is 2.51. The summed E-state index contributed by atoms with van der Waals surface area (Å²) in [5.41, 5.74) is -0.614. The zero-order chi connectivity index (χ0) is 15.1. The monoisotopic (exact) mass is 298 g/mol. The maximum absolute atomic E-state index is 13.9. The molecule has 0 N–H and O–H groups in total. The zero-order valence-electron chi connectivity index (χ0n) is 11.1. The first-order valence-electron chi connectivity index (χ1n) is 5.79. The summed E-state index contributed by atoms with van der Waals surface area (Å²) in [5.74, 6) is -1.42. The van der Waals surface area contributed by atoms with Crippen molar-refractivity contribution in [3.05, 3.63) is 45.0 Å². The van der Waals surface area contributed by atoms with Crippen LogP contribution in [0, 0.1) is 5.82 Å². The molecule has 5 nitrogen and oxygen atoms in total. The minimum atomic E-state index is -0.826. The molecule has 0 aliphatic carbocycles. The fraction of sp³-hybridized carbons (Fsp3) is 0.308. The van der Waals surface area contributed by atoms with Crippen molar-refractivity contribution in [1.82, 2.24) is 9.78 Å². The lowest BCUT2D eigenvalue weighted by Crippen LogP contribution is -2.16. The molecule has 106 valence electrons. The Hall–Kier alpha value is -1.95. The van der Waals surface area contributed by atoms with Crippen molar-refractivity contribution in [2.24, 2.45) is 0 Å². The van der Waals surface area contributed by atoms with Gasteiger partial charge < -0.3 is 4.42 Å². The van der Waals surface area contributed by atoms with E-state index in [9.17, 15) is 14.0 Å². The molecule has 0 saturated carbocycles. The summed E-state index contributed by atoms with van der Waals surface area (Å²) in [6.07, 6.45) is 0.473. The molecule has 0 saturated heterocycles. The number of hydrogen-bond donors (Lipinski definition) is 0. The SMILES string of the molecule is CC(C)(C)c1nn(-c2cc(C=O)c(Cl)cc2F)c(=O)o1. The molecule has 0 radical (unpaired) electrons. The Balaban J connectivity index is 2.66. The van der Waals surface area contributed by atoms with Crippen LogP contribution in [-0.2, 0) is 5.41 Å². The van der Waals surface area contributed by atoms with Gasteiger partial charge in [0.25, 0.3) is 0 Å². The lowest BCUT2D eigenvalue weighted by atomic mass is 9.97. The second-order valence-electron chi connectivity index (χ2n) is 5.28. The van der Waals surface area contributed by atoms with Gasteiger partial charge in [-0.1, -0.05) is 32.4 Å². The van der Waals surface area contributed by atoms with Crippen LogP contribution < -0.4 is 5.76 Å².